The third kappa shape index (κ3) is 5.71. The molecule has 2 aromatic rings. The second-order valence-electron chi connectivity index (χ2n) is 9.85. The van der Waals surface area contributed by atoms with Gasteiger partial charge < -0.3 is 15.3 Å². The Morgan fingerprint density at radius 1 is 1.03 bits per heavy atom. The van der Waals surface area contributed by atoms with Gasteiger partial charge in [0.2, 0.25) is 5.91 Å². The quantitative estimate of drug-likeness (QED) is 0.578. The van der Waals surface area contributed by atoms with E-state index in [2.05, 4.69) is 5.32 Å². The van der Waals surface area contributed by atoms with E-state index in [0.29, 0.717) is 35.1 Å². The molecule has 1 fully saturated rings. The third-order valence-electron chi connectivity index (χ3n) is 6.75. The number of carbonyl (C=O) groups excluding carboxylic acids is 2. The highest BCUT2D eigenvalue weighted by molar-refractivity contribution is 6.30. The van der Waals surface area contributed by atoms with E-state index in [9.17, 15) is 14.7 Å². The van der Waals surface area contributed by atoms with Crippen LogP contribution in [0.15, 0.2) is 48.5 Å². The summed E-state index contributed by atoms with van der Waals surface area (Å²) >= 11 is 11.9. The molecule has 5 nitrogen and oxygen atoms in total. The van der Waals surface area contributed by atoms with Crippen molar-refractivity contribution in [3.05, 3.63) is 69.7 Å². The van der Waals surface area contributed by atoms with Crippen LogP contribution in [0.2, 0.25) is 10.0 Å². The number of hydrogen-bond acceptors (Lipinski definition) is 3. The maximum Gasteiger partial charge on any atom is 0.251 e. The number of piperidine rings is 1. The van der Waals surface area contributed by atoms with E-state index in [-0.39, 0.29) is 30.2 Å². The van der Waals surface area contributed by atoms with Crippen LogP contribution in [0.25, 0.3) is 0 Å². The first kappa shape index (κ1) is 25.5. The minimum atomic E-state index is -1.06. The smallest absolute Gasteiger partial charge is 0.251 e. The fourth-order valence-electron chi connectivity index (χ4n) is 4.42. The number of carbonyl (C=O) groups is 2. The van der Waals surface area contributed by atoms with Crippen molar-refractivity contribution < 1.29 is 14.7 Å². The Labute approximate surface area is 206 Å². The normalized spacial score (nSPS) is 21.0. The molecule has 2 aromatic carbocycles. The molecular formula is C26H32Cl2N2O3. The van der Waals surface area contributed by atoms with Crippen LogP contribution >= 0.6 is 23.2 Å². The molecular weight excluding hydrogens is 459 g/mol. The standard InChI is InChI=1S/C26H32Cl2N2O3/c1-17(2)22(29-24(32)18-5-9-20(27)10-6-18)15-23(31)30-14-13-26(33,25(3,4)16-30)19-7-11-21(28)12-8-19/h5-12,17,22,33H,13-16H2,1-4H3,(H,29,32)/t22?,26-/m0/s1. The monoisotopic (exact) mass is 490 g/mol. The van der Waals surface area contributed by atoms with Crippen molar-refractivity contribution in [3.8, 4) is 0 Å². The summed E-state index contributed by atoms with van der Waals surface area (Å²) in [5, 5.41) is 15.7. The fourth-order valence-corrected chi connectivity index (χ4v) is 4.67. The van der Waals surface area contributed by atoms with Gasteiger partial charge in [-0.15, -0.1) is 0 Å². The number of benzene rings is 2. The van der Waals surface area contributed by atoms with Gasteiger partial charge in [-0.25, -0.2) is 0 Å². The average molecular weight is 491 g/mol. The molecule has 1 saturated heterocycles. The Morgan fingerprint density at radius 3 is 2.09 bits per heavy atom. The number of hydrogen-bond donors (Lipinski definition) is 2. The lowest BCUT2D eigenvalue weighted by Crippen LogP contribution is -2.57. The molecule has 0 aromatic heterocycles. The number of likely N-dealkylation sites (tertiary alicyclic amines) is 1. The zero-order valence-corrected chi connectivity index (χ0v) is 21.1. The summed E-state index contributed by atoms with van der Waals surface area (Å²) in [6, 6.07) is 13.6. The molecule has 1 unspecified atom stereocenters. The van der Waals surface area contributed by atoms with E-state index in [1.807, 2.05) is 39.8 Å². The molecule has 3 rings (SSSR count). The maximum atomic E-state index is 13.2. The number of amides is 2. The SMILES string of the molecule is CC(C)C(CC(=O)N1CC[C@](O)(c2ccc(Cl)cc2)C(C)(C)C1)NC(=O)c1ccc(Cl)cc1. The molecule has 33 heavy (non-hydrogen) atoms. The molecule has 0 bridgehead atoms. The van der Waals surface area contributed by atoms with Crippen LogP contribution in [-0.2, 0) is 10.4 Å². The van der Waals surface area contributed by atoms with Crippen LogP contribution in [0, 0.1) is 11.3 Å². The summed E-state index contributed by atoms with van der Waals surface area (Å²) in [6.45, 7) is 8.78. The predicted octanol–water partition coefficient (Wildman–Crippen LogP) is 5.28. The summed E-state index contributed by atoms with van der Waals surface area (Å²) < 4.78 is 0. The molecule has 178 valence electrons. The van der Waals surface area contributed by atoms with Gasteiger partial charge in [-0.2, -0.15) is 0 Å². The van der Waals surface area contributed by atoms with Crippen LogP contribution < -0.4 is 5.32 Å². The molecule has 7 heteroatoms. The van der Waals surface area contributed by atoms with Crippen LogP contribution in [0.4, 0.5) is 0 Å². The van der Waals surface area contributed by atoms with E-state index < -0.39 is 11.0 Å². The highest BCUT2D eigenvalue weighted by atomic mass is 35.5. The first-order valence-electron chi connectivity index (χ1n) is 11.3. The van der Waals surface area contributed by atoms with Gasteiger partial charge in [-0.1, -0.05) is 63.0 Å². The Bertz CT molecular complexity index is 990. The van der Waals surface area contributed by atoms with Crippen LogP contribution in [0.3, 0.4) is 0 Å². The van der Waals surface area contributed by atoms with Crippen molar-refractivity contribution in [2.75, 3.05) is 13.1 Å². The van der Waals surface area contributed by atoms with Gasteiger partial charge in [0.15, 0.2) is 0 Å². The topological polar surface area (TPSA) is 69.6 Å². The number of halogens is 2. The molecule has 1 heterocycles. The van der Waals surface area contributed by atoms with Crippen LogP contribution in [0.1, 0.15) is 56.5 Å². The summed E-state index contributed by atoms with van der Waals surface area (Å²) in [5.74, 6) is -0.181. The molecule has 2 amide bonds. The second kappa shape index (κ2) is 10.0. The molecule has 1 aliphatic rings. The van der Waals surface area contributed by atoms with Crippen molar-refractivity contribution in [1.29, 1.82) is 0 Å². The summed E-state index contributed by atoms with van der Waals surface area (Å²) in [5.41, 5.74) is -0.313. The molecule has 1 aliphatic heterocycles. The van der Waals surface area contributed by atoms with Gasteiger partial charge in [0.1, 0.15) is 0 Å². The largest absolute Gasteiger partial charge is 0.384 e. The van der Waals surface area contributed by atoms with Crippen LogP contribution in [0.5, 0.6) is 0 Å². The number of rotatable bonds is 6. The summed E-state index contributed by atoms with van der Waals surface area (Å²) in [6.07, 6.45) is 0.628. The highest BCUT2D eigenvalue weighted by Crippen LogP contribution is 2.46. The van der Waals surface area contributed by atoms with Crippen molar-refractivity contribution in [1.82, 2.24) is 10.2 Å². The second-order valence-corrected chi connectivity index (χ2v) is 10.7. The van der Waals surface area contributed by atoms with Gasteiger partial charge in [0, 0.05) is 46.6 Å². The maximum absolute atomic E-state index is 13.2. The zero-order chi connectivity index (χ0) is 24.4. The number of nitrogens with one attached hydrogen (secondary N) is 1. The third-order valence-corrected chi connectivity index (χ3v) is 7.25. The number of nitrogens with zero attached hydrogens (tertiary/aromatic N) is 1. The van der Waals surface area contributed by atoms with E-state index in [4.69, 9.17) is 23.2 Å². The zero-order valence-electron chi connectivity index (χ0n) is 19.6. The summed E-state index contributed by atoms with van der Waals surface area (Å²) in [7, 11) is 0. The Hall–Kier alpha value is -2.08. The minimum Gasteiger partial charge on any atom is -0.384 e. The fraction of sp³-hybridized carbons (Fsp3) is 0.462. The Kier molecular flexibility index (Phi) is 7.77. The van der Waals surface area contributed by atoms with Gasteiger partial charge >= 0.3 is 0 Å². The van der Waals surface area contributed by atoms with E-state index in [1.165, 1.54) is 0 Å². The van der Waals surface area contributed by atoms with Gasteiger partial charge in [-0.3, -0.25) is 9.59 Å². The first-order valence-corrected chi connectivity index (χ1v) is 12.0. The van der Waals surface area contributed by atoms with E-state index in [0.717, 1.165) is 5.56 Å². The predicted molar refractivity (Wildman–Crippen MR) is 132 cm³/mol. The van der Waals surface area contributed by atoms with E-state index in [1.54, 1.807) is 41.3 Å². The van der Waals surface area contributed by atoms with Crippen molar-refractivity contribution >= 4 is 35.0 Å². The minimum absolute atomic E-state index is 0.0312. The number of aliphatic hydroxyl groups is 1. The van der Waals surface area contributed by atoms with Crippen molar-refractivity contribution in [3.63, 3.8) is 0 Å². The molecule has 0 spiro atoms. The molecule has 0 saturated carbocycles. The first-order chi connectivity index (χ1) is 15.4. The van der Waals surface area contributed by atoms with Gasteiger partial charge in [-0.05, 0) is 54.3 Å². The Morgan fingerprint density at radius 2 is 1.58 bits per heavy atom. The molecule has 0 radical (unpaired) electrons. The molecule has 2 N–H and O–H groups in total. The van der Waals surface area contributed by atoms with Crippen LogP contribution in [-0.4, -0.2) is 41.0 Å². The lowest BCUT2D eigenvalue weighted by molar-refractivity contribution is -0.153. The highest BCUT2D eigenvalue weighted by Gasteiger charge is 2.49. The summed E-state index contributed by atoms with van der Waals surface area (Å²) in [4.78, 5) is 27.7. The lowest BCUT2D eigenvalue weighted by Gasteiger charge is -2.50. The van der Waals surface area contributed by atoms with Crippen molar-refractivity contribution in [2.45, 2.75) is 52.2 Å². The van der Waals surface area contributed by atoms with Gasteiger partial charge in [0.25, 0.3) is 5.91 Å². The van der Waals surface area contributed by atoms with Crippen molar-refractivity contribution in [2.24, 2.45) is 11.3 Å². The molecule has 2 atom stereocenters. The Balaban J connectivity index is 1.68. The molecule has 0 aliphatic carbocycles. The van der Waals surface area contributed by atoms with Gasteiger partial charge in [0.05, 0.1) is 5.60 Å². The lowest BCUT2D eigenvalue weighted by atomic mass is 9.66. The van der Waals surface area contributed by atoms with E-state index >= 15 is 0 Å². The average Bonchev–Trinajstić information content (AvgIpc) is 2.75.